The Labute approximate surface area is 81.8 Å². The fourth-order valence-corrected chi connectivity index (χ4v) is 1.37. The number of nitrogens with two attached hydrogens (primary N) is 1. The molecule has 0 aliphatic carbocycles. The highest BCUT2D eigenvalue weighted by Crippen LogP contribution is 2.25. The Morgan fingerprint density at radius 1 is 1.62 bits per heavy atom. The normalized spacial score (nSPS) is 10.1. The molecule has 13 heavy (non-hydrogen) atoms. The molecule has 0 aliphatic heterocycles. The van der Waals surface area contributed by atoms with Crippen LogP contribution in [0.3, 0.4) is 0 Å². The molecule has 0 unspecified atom stereocenters. The molecule has 0 heterocycles. The second-order valence-corrected chi connectivity index (χ2v) is 3.26. The minimum absolute atomic E-state index is 0.0757. The zero-order chi connectivity index (χ0) is 10.0. The molecule has 0 spiro atoms. The molecule has 1 rings (SSSR count). The quantitative estimate of drug-likeness (QED) is 0.643. The molecule has 0 fully saturated rings. The maximum absolute atomic E-state index is 13.1. The summed E-state index contributed by atoms with van der Waals surface area (Å²) in [5.41, 5.74) is 4.81. The second kappa shape index (κ2) is 3.80. The lowest BCUT2D eigenvalue weighted by atomic mass is 10.2. The van der Waals surface area contributed by atoms with Gasteiger partial charge in [-0.15, -0.1) is 0 Å². The predicted molar refractivity (Wildman–Crippen MR) is 48.6 cm³/mol. The Bertz CT molecular complexity index is 357. The van der Waals surface area contributed by atoms with Gasteiger partial charge in [0.05, 0.1) is 10.5 Å². The van der Waals surface area contributed by atoms with E-state index in [9.17, 15) is 14.5 Å². The highest BCUT2D eigenvalue weighted by Gasteiger charge is 2.17. The molecule has 1 aromatic rings. The number of benzene rings is 1. The molecule has 0 bridgehead atoms. The molecule has 0 radical (unpaired) electrons. The van der Waals surface area contributed by atoms with Crippen LogP contribution in [-0.2, 0) is 6.54 Å². The monoisotopic (exact) mass is 248 g/mol. The molecule has 0 atom stereocenters. The number of hydrogen-bond acceptors (Lipinski definition) is 3. The SMILES string of the molecule is NCc1c(F)cc(Br)cc1[N+](=O)[O-]. The Morgan fingerprint density at radius 3 is 2.69 bits per heavy atom. The zero-order valence-electron chi connectivity index (χ0n) is 6.46. The third-order valence-corrected chi connectivity index (χ3v) is 2.00. The molecule has 0 amide bonds. The molecule has 0 saturated heterocycles. The predicted octanol–water partition coefficient (Wildman–Crippen LogP) is 1.96. The first kappa shape index (κ1) is 10.1. The first-order valence-electron chi connectivity index (χ1n) is 3.38. The molecule has 2 N–H and O–H groups in total. The first-order valence-corrected chi connectivity index (χ1v) is 4.18. The largest absolute Gasteiger partial charge is 0.326 e. The van der Waals surface area contributed by atoms with Gasteiger partial charge >= 0.3 is 0 Å². The van der Waals surface area contributed by atoms with E-state index in [0.29, 0.717) is 4.47 Å². The molecule has 0 aromatic heterocycles. The summed E-state index contributed by atoms with van der Waals surface area (Å²) in [5, 5.41) is 10.4. The van der Waals surface area contributed by atoms with Crippen LogP contribution in [0.1, 0.15) is 5.56 Å². The van der Waals surface area contributed by atoms with Gasteiger partial charge in [-0.1, -0.05) is 15.9 Å². The number of halogens is 2. The van der Waals surface area contributed by atoms with E-state index in [1.54, 1.807) is 0 Å². The number of nitro benzene ring substituents is 1. The van der Waals surface area contributed by atoms with Gasteiger partial charge in [-0.25, -0.2) is 4.39 Å². The van der Waals surface area contributed by atoms with E-state index in [4.69, 9.17) is 5.73 Å². The lowest BCUT2D eigenvalue weighted by Crippen LogP contribution is -2.04. The van der Waals surface area contributed by atoms with Crippen LogP contribution in [0.25, 0.3) is 0 Å². The zero-order valence-corrected chi connectivity index (χ0v) is 8.04. The van der Waals surface area contributed by atoms with E-state index in [0.717, 1.165) is 6.07 Å². The lowest BCUT2D eigenvalue weighted by Gasteiger charge is -2.01. The van der Waals surface area contributed by atoms with Crippen molar-refractivity contribution in [1.82, 2.24) is 0 Å². The number of hydrogen-bond donors (Lipinski definition) is 1. The Morgan fingerprint density at radius 2 is 2.23 bits per heavy atom. The summed E-state index contributed by atoms with van der Waals surface area (Å²) in [7, 11) is 0. The number of nitro groups is 1. The Hall–Kier alpha value is -1.01. The lowest BCUT2D eigenvalue weighted by molar-refractivity contribution is -0.385. The van der Waals surface area contributed by atoms with Crippen LogP contribution in [0.15, 0.2) is 16.6 Å². The van der Waals surface area contributed by atoms with Crippen molar-refractivity contribution in [3.05, 3.63) is 38.1 Å². The van der Waals surface area contributed by atoms with E-state index >= 15 is 0 Å². The summed E-state index contributed by atoms with van der Waals surface area (Å²) in [6.07, 6.45) is 0. The Kier molecular flexibility index (Phi) is 2.94. The van der Waals surface area contributed by atoms with Gasteiger partial charge in [0, 0.05) is 17.1 Å². The molecular weight excluding hydrogens is 243 g/mol. The molecular formula is C7H6BrFN2O2. The summed E-state index contributed by atoms with van der Waals surface area (Å²) in [6.45, 7) is -0.185. The van der Waals surface area contributed by atoms with Crippen molar-refractivity contribution in [1.29, 1.82) is 0 Å². The van der Waals surface area contributed by atoms with Crippen molar-refractivity contribution in [3.8, 4) is 0 Å². The van der Waals surface area contributed by atoms with Crippen molar-refractivity contribution in [2.45, 2.75) is 6.54 Å². The van der Waals surface area contributed by atoms with E-state index in [1.165, 1.54) is 6.07 Å². The maximum atomic E-state index is 13.1. The fourth-order valence-electron chi connectivity index (χ4n) is 0.955. The molecule has 1 aromatic carbocycles. The van der Waals surface area contributed by atoms with Gasteiger partial charge in [0.15, 0.2) is 0 Å². The van der Waals surface area contributed by atoms with Gasteiger partial charge in [-0.05, 0) is 6.07 Å². The minimum atomic E-state index is -0.663. The van der Waals surface area contributed by atoms with Gasteiger partial charge in [-0.3, -0.25) is 10.1 Å². The van der Waals surface area contributed by atoms with Crippen molar-refractivity contribution in [3.63, 3.8) is 0 Å². The third kappa shape index (κ3) is 2.02. The van der Waals surface area contributed by atoms with Crippen molar-refractivity contribution >= 4 is 21.6 Å². The highest BCUT2D eigenvalue weighted by atomic mass is 79.9. The fraction of sp³-hybridized carbons (Fsp3) is 0.143. The van der Waals surface area contributed by atoms with Gasteiger partial charge in [0.1, 0.15) is 5.82 Å². The van der Waals surface area contributed by atoms with E-state index in [2.05, 4.69) is 15.9 Å². The third-order valence-electron chi connectivity index (χ3n) is 1.54. The molecule has 4 nitrogen and oxygen atoms in total. The Balaban J connectivity index is 3.38. The van der Waals surface area contributed by atoms with Crippen molar-refractivity contribution < 1.29 is 9.31 Å². The topological polar surface area (TPSA) is 69.2 Å². The average molecular weight is 249 g/mol. The summed E-state index contributed by atoms with van der Waals surface area (Å²) in [6, 6.07) is 2.38. The van der Waals surface area contributed by atoms with E-state index in [-0.39, 0.29) is 17.8 Å². The number of rotatable bonds is 2. The molecule has 0 aliphatic rings. The minimum Gasteiger partial charge on any atom is -0.326 e. The number of nitrogens with zero attached hydrogens (tertiary/aromatic N) is 1. The van der Waals surface area contributed by atoms with Crippen LogP contribution in [0.2, 0.25) is 0 Å². The van der Waals surface area contributed by atoms with Crippen LogP contribution in [0.4, 0.5) is 10.1 Å². The van der Waals surface area contributed by atoms with Gasteiger partial charge in [0.2, 0.25) is 0 Å². The highest BCUT2D eigenvalue weighted by molar-refractivity contribution is 9.10. The van der Waals surface area contributed by atoms with Crippen LogP contribution >= 0.6 is 15.9 Å². The van der Waals surface area contributed by atoms with Crippen LogP contribution in [0, 0.1) is 15.9 Å². The molecule has 0 saturated carbocycles. The van der Waals surface area contributed by atoms with Crippen LogP contribution in [-0.4, -0.2) is 4.92 Å². The summed E-state index contributed by atoms with van der Waals surface area (Å²) < 4.78 is 13.4. The van der Waals surface area contributed by atoms with Gasteiger partial charge in [0.25, 0.3) is 5.69 Å². The average Bonchev–Trinajstić information content (AvgIpc) is 2.02. The molecule has 70 valence electrons. The van der Waals surface area contributed by atoms with Gasteiger partial charge < -0.3 is 5.73 Å². The molecule has 6 heteroatoms. The summed E-state index contributed by atoms with van der Waals surface area (Å²) in [5.74, 6) is -0.663. The second-order valence-electron chi connectivity index (χ2n) is 2.35. The van der Waals surface area contributed by atoms with E-state index in [1.807, 2.05) is 0 Å². The first-order chi connectivity index (χ1) is 6.06. The van der Waals surface area contributed by atoms with Crippen molar-refractivity contribution in [2.75, 3.05) is 0 Å². The van der Waals surface area contributed by atoms with Crippen LogP contribution < -0.4 is 5.73 Å². The van der Waals surface area contributed by atoms with Gasteiger partial charge in [-0.2, -0.15) is 0 Å². The summed E-state index contributed by atoms with van der Waals surface area (Å²) in [4.78, 5) is 9.79. The smallest absolute Gasteiger partial charge is 0.277 e. The van der Waals surface area contributed by atoms with Crippen molar-refractivity contribution in [2.24, 2.45) is 5.73 Å². The van der Waals surface area contributed by atoms with Crippen LogP contribution in [0.5, 0.6) is 0 Å². The van der Waals surface area contributed by atoms with E-state index < -0.39 is 10.7 Å². The summed E-state index contributed by atoms with van der Waals surface area (Å²) >= 11 is 2.96. The maximum Gasteiger partial charge on any atom is 0.277 e. The standard InChI is InChI=1S/C7H6BrFN2O2/c8-4-1-6(9)5(3-10)7(2-4)11(12)13/h1-2H,3,10H2.